The number of aryl methyl sites for hydroxylation is 5. The Kier molecular flexibility index (Phi) is 6.97. The Balaban J connectivity index is 2.02. The lowest BCUT2D eigenvalue weighted by Crippen LogP contribution is -2.34. The highest BCUT2D eigenvalue weighted by Gasteiger charge is 2.23. The lowest BCUT2D eigenvalue weighted by Gasteiger charge is -2.15. The summed E-state index contributed by atoms with van der Waals surface area (Å²) < 4.78 is 32.1. The largest absolute Gasteiger partial charge is 0.453 e. The number of sulfonamides is 1. The van der Waals surface area contributed by atoms with E-state index in [1.54, 1.807) is 12.1 Å². The number of Topliss-reactive ketones (excluding diaryl/α,β-unsaturated/α-hetero) is 1. The first-order valence-electron chi connectivity index (χ1n) is 9.31. The minimum absolute atomic E-state index is 0.0725. The van der Waals surface area contributed by atoms with Crippen molar-refractivity contribution in [2.45, 2.75) is 52.5 Å². The summed E-state index contributed by atoms with van der Waals surface area (Å²) in [4.78, 5) is 24.8. The van der Waals surface area contributed by atoms with Crippen LogP contribution in [0.1, 0.15) is 45.1 Å². The molecule has 2 rings (SSSR count). The summed E-state index contributed by atoms with van der Waals surface area (Å²) in [6, 6.07) is 8.41. The molecular formula is C22H27NO5S. The van der Waals surface area contributed by atoms with Gasteiger partial charge < -0.3 is 4.74 Å². The summed E-state index contributed by atoms with van der Waals surface area (Å²) >= 11 is 0. The molecule has 7 heteroatoms. The third kappa shape index (κ3) is 5.52. The molecule has 1 unspecified atom stereocenters. The number of ether oxygens (including phenoxy) is 1. The van der Waals surface area contributed by atoms with E-state index in [0.29, 0.717) is 5.56 Å². The van der Waals surface area contributed by atoms with Crippen LogP contribution in [0.4, 0.5) is 0 Å². The van der Waals surface area contributed by atoms with Crippen LogP contribution in [0.5, 0.6) is 0 Å². The molecule has 0 radical (unpaired) electrons. The maximum Gasteiger partial charge on any atom is 0.321 e. The molecule has 0 amide bonds. The summed E-state index contributed by atoms with van der Waals surface area (Å²) in [6.45, 7) is 10.3. The third-order valence-corrected chi connectivity index (χ3v) is 6.38. The van der Waals surface area contributed by atoms with Gasteiger partial charge in [0.25, 0.3) is 0 Å². The van der Waals surface area contributed by atoms with Gasteiger partial charge in [0.1, 0.15) is 6.54 Å². The van der Waals surface area contributed by atoms with Crippen LogP contribution in [0.2, 0.25) is 0 Å². The maximum atomic E-state index is 12.6. The number of carbonyl (C=O) groups is 2. The van der Waals surface area contributed by atoms with Crippen LogP contribution < -0.4 is 4.72 Å². The van der Waals surface area contributed by atoms with Gasteiger partial charge in [-0.25, -0.2) is 8.42 Å². The van der Waals surface area contributed by atoms with Gasteiger partial charge >= 0.3 is 5.97 Å². The van der Waals surface area contributed by atoms with Crippen molar-refractivity contribution in [3.63, 3.8) is 0 Å². The van der Waals surface area contributed by atoms with E-state index in [9.17, 15) is 18.0 Å². The van der Waals surface area contributed by atoms with Crippen LogP contribution in [0.15, 0.2) is 35.2 Å². The molecule has 0 spiro atoms. The number of benzene rings is 2. The summed E-state index contributed by atoms with van der Waals surface area (Å²) in [5, 5.41) is 0. The first-order chi connectivity index (χ1) is 13.4. The van der Waals surface area contributed by atoms with E-state index < -0.39 is 28.6 Å². The standard InChI is InChI=1S/C22H27NO5S/c1-13-7-8-19(10-15(13)3)29(26,27)23-12-21(24)28-18(6)22(25)20-11-16(4)14(2)9-17(20)5/h7-11,18,23H,12H2,1-6H3. The number of esters is 1. The zero-order valence-corrected chi connectivity index (χ0v) is 18.4. The van der Waals surface area contributed by atoms with Gasteiger partial charge in [0.05, 0.1) is 4.90 Å². The topological polar surface area (TPSA) is 89.5 Å². The Hall–Kier alpha value is -2.51. The van der Waals surface area contributed by atoms with E-state index in [1.165, 1.54) is 19.1 Å². The second-order valence-electron chi connectivity index (χ2n) is 7.32. The normalized spacial score (nSPS) is 12.5. The third-order valence-electron chi connectivity index (χ3n) is 4.98. The van der Waals surface area contributed by atoms with Gasteiger partial charge in [-0.15, -0.1) is 0 Å². The molecule has 0 fully saturated rings. The maximum absolute atomic E-state index is 12.6. The Morgan fingerprint density at radius 1 is 0.897 bits per heavy atom. The fraction of sp³-hybridized carbons (Fsp3) is 0.364. The molecule has 6 nitrogen and oxygen atoms in total. The number of rotatable bonds is 7. The number of carbonyl (C=O) groups excluding carboxylic acids is 2. The fourth-order valence-electron chi connectivity index (χ4n) is 2.86. The van der Waals surface area contributed by atoms with Crippen LogP contribution in [0.25, 0.3) is 0 Å². The highest BCUT2D eigenvalue weighted by Crippen LogP contribution is 2.18. The summed E-state index contributed by atoms with van der Waals surface area (Å²) in [7, 11) is -3.86. The smallest absolute Gasteiger partial charge is 0.321 e. The highest BCUT2D eigenvalue weighted by molar-refractivity contribution is 7.89. The van der Waals surface area contributed by atoms with E-state index in [2.05, 4.69) is 4.72 Å². The Morgan fingerprint density at radius 2 is 1.48 bits per heavy atom. The predicted octanol–water partition coefficient (Wildman–Crippen LogP) is 3.32. The van der Waals surface area contributed by atoms with E-state index in [4.69, 9.17) is 4.74 Å². The lowest BCUT2D eigenvalue weighted by atomic mass is 9.96. The molecule has 0 bridgehead atoms. The van der Waals surface area contributed by atoms with Crippen LogP contribution >= 0.6 is 0 Å². The second-order valence-corrected chi connectivity index (χ2v) is 9.09. The van der Waals surface area contributed by atoms with Gasteiger partial charge in [-0.1, -0.05) is 12.1 Å². The lowest BCUT2D eigenvalue weighted by molar-refractivity contribution is -0.144. The van der Waals surface area contributed by atoms with Crippen molar-refractivity contribution in [1.29, 1.82) is 0 Å². The first-order valence-corrected chi connectivity index (χ1v) is 10.8. The quantitative estimate of drug-likeness (QED) is 0.551. The van der Waals surface area contributed by atoms with E-state index in [1.807, 2.05) is 40.7 Å². The van der Waals surface area contributed by atoms with Crippen LogP contribution in [-0.2, 0) is 19.6 Å². The van der Waals surface area contributed by atoms with E-state index in [-0.39, 0.29) is 10.7 Å². The number of hydrogen-bond acceptors (Lipinski definition) is 5. The van der Waals surface area contributed by atoms with Gasteiger partial charge in [-0.2, -0.15) is 4.72 Å². The molecular weight excluding hydrogens is 390 g/mol. The van der Waals surface area contributed by atoms with Crippen molar-refractivity contribution < 1.29 is 22.7 Å². The monoisotopic (exact) mass is 417 g/mol. The van der Waals surface area contributed by atoms with Gasteiger partial charge in [0.15, 0.2) is 6.10 Å². The van der Waals surface area contributed by atoms with Crippen molar-refractivity contribution in [3.8, 4) is 0 Å². The molecule has 0 heterocycles. The van der Waals surface area contributed by atoms with Crippen LogP contribution in [0.3, 0.4) is 0 Å². The SMILES string of the molecule is Cc1ccc(S(=O)(=O)NCC(=O)OC(C)C(=O)c2cc(C)c(C)cc2C)cc1C. The number of hydrogen-bond donors (Lipinski definition) is 1. The second kappa shape index (κ2) is 8.88. The molecule has 0 saturated heterocycles. The number of ketones is 1. The van der Waals surface area contributed by atoms with Gasteiger partial charge in [0, 0.05) is 5.56 Å². The Bertz CT molecular complexity index is 1060. The molecule has 0 aliphatic heterocycles. The van der Waals surface area contributed by atoms with E-state index >= 15 is 0 Å². The predicted molar refractivity (Wildman–Crippen MR) is 112 cm³/mol. The Labute approximate surface area is 172 Å². The zero-order valence-electron chi connectivity index (χ0n) is 17.6. The van der Waals surface area contributed by atoms with Crippen molar-refractivity contribution in [1.82, 2.24) is 4.72 Å². The van der Waals surface area contributed by atoms with Crippen molar-refractivity contribution in [2.75, 3.05) is 6.54 Å². The van der Waals surface area contributed by atoms with Crippen LogP contribution in [-0.4, -0.2) is 32.8 Å². The molecule has 0 aliphatic rings. The summed E-state index contributed by atoms with van der Waals surface area (Å²) in [5.41, 5.74) is 5.14. The first kappa shape index (κ1) is 22.8. The Morgan fingerprint density at radius 3 is 2.10 bits per heavy atom. The van der Waals surface area contributed by atoms with Crippen molar-refractivity contribution >= 4 is 21.8 Å². The average Bonchev–Trinajstić information content (AvgIpc) is 2.64. The minimum Gasteiger partial charge on any atom is -0.453 e. The van der Waals surface area contributed by atoms with Crippen molar-refractivity contribution in [2.24, 2.45) is 0 Å². The molecule has 1 atom stereocenters. The molecule has 29 heavy (non-hydrogen) atoms. The summed E-state index contributed by atoms with van der Waals surface area (Å²) in [5.74, 6) is -1.14. The zero-order chi connectivity index (χ0) is 21.9. The molecule has 0 aromatic heterocycles. The van der Waals surface area contributed by atoms with Crippen LogP contribution in [0, 0.1) is 34.6 Å². The molecule has 2 aromatic carbocycles. The van der Waals surface area contributed by atoms with Crippen molar-refractivity contribution in [3.05, 3.63) is 63.7 Å². The number of nitrogens with one attached hydrogen (secondary N) is 1. The summed E-state index contributed by atoms with van der Waals surface area (Å²) in [6.07, 6.45) is -1.02. The van der Waals surface area contributed by atoms with E-state index in [0.717, 1.165) is 27.8 Å². The van der Waals surface area contributed by atoms with Gasteiger partial charge in [-0.05, 0) is 87.6 Å². The molecule has 1 N–H and O–H groups in total. The fourth-order valence-corrected chi connectivity index (χ4v) is 3.91. The molecule has 2 aromatic rings. The minimum atomic E-state index is -3.86. The van der Waals surface area contributed by atoms with Gasteiger partial charge in [0.2, 0.25) is 15.8 Å². The molecule has 0 aliphatic carbocycles. The molecule has 0 saturated carbocycles. The molecule has 156 valence electrons. The average molecular weight is 418 g/mol. The highest BCUT2D eigenvalue weighted by atomic mass is 32.2. The van der Waals surface area contributed by atoms with Gasteiger partial charge in [-0.3, -0.25) is 9.59 Å².